The Hall–Kier alpha value is -2.07. The largest absolute Gasteiger partial charge is 0.483 e. The van der Waals surface area contributed by atoms with Crippen LogP contribution in [-0.2, 0) is 9.53 Å². The van der Waals surface area contributed by atoms with E-state index in [0.29, 0.717) is 25.4 Å². The van der Waals surface area contributed by atoms with Crippen molar-refractivity contribution in [3.63, 3.8) is 0 Å². The molecule has 4 heterocycles. The van der Waals surface area contributed by atoms with Gasteiger partial charge in [0.05, 0.1) is 24.4 Å². The number of furan rings is 1. The SMILES string of the molecule is Cc1ccoc1C(=O)NC[C@H]1[C@H]2CN(CCC(F)(F)F)C[C@]23CC[C@H]1O3.O=CO. The molecule has 0 aliphatic carbocycles. The first-order valence-corrected chi connectivity index (χ1v) is 9.56. The van der Waals surface area contributed by atoms with Gasteiger partial charge in [-0.3, -0.25) is 14.5 Å². The van der Waals surface area contributed by atoms with Crippen molar-refractivity contribution >= 4 is 12.4 Å². The number of nitrogens with zero attached hydrogens (tertiary/aromatic N) is 1. The minimum atomic E-state index is -4.14. The van der Waals surface area contributed by atoms with Gasteiger partial charge in [0.1, 0.15) is 0 Å². The number of likely N-dealkylation sites (tertiary alicyclic amines) is 1. The van der Waals surface area contributed by atoms with Gasteiger partial charge in [-0.1, -0.05) is 0 Å². The summed E-state index contributed by atoms with van der Waals surface area (Å²) in [5.74, 6) is 0.365. The molecule has 1 aromatic heterocycles. The highest BCUT2D eigenvalue weighted by Crippen LogP contribution is 2.54. The van der Waals surface area contributed by atoms with Crippen LogP contribution < -0.4 is 5.32 Å². The number of carbonyl (C=O) groups excluding carboxylic acids is 1. The third kappa shape index (κ3) is 4.58. The highest BCUT2D eigenvalue weighted by Gasteiger charge is 2.62. The second-order valence-corrected chi connectivity index (χ2v) is 7.88. The van der Waals surface area contributed by atoms with Gasteiger partial charge < -0.3 is 19.6 Å². The summed E-state index contributed by atoms with van der Waals surface area (Å²) in [7, 11) is 0. The Bertz CT molecular complexity index is 738. The molecule has 1 spiro atoms. The van der Waals surface area contributed by atoms with Crippen molar-refractivity contribution in [1.29, 1.82) is 0 Å². The van der Waals surface area contributed by atoms with E-state index in [2.05, 4.69) is 5.32 Å². The minimum Gasteiger partial charge on any atom is -0.483 e. The number of carboxylic acid groups (broad SMARTS) is 1. The van der Waals surface area contributed by atoms with E-state index in [0.717, 1.165) is 18.4 Å². The van der Waals surface area contributed by atoms with Crippen molar-refractivity contribution in [2.75, 3.05) is 26.2 Å². The molecule has 3 aliphatic heterocycles. The maximum atomic E-state index is 12.5. The fraction of sp³-hybridized carbons (Fsp3) is 0.684. The molecular formula is C19H25F3N2O5. The van der Waals surface area contributed by atoms with Gasteiger partial charge in [0, 0.05) is 43.6 Å². The van der Waals surface area contributed by atoms with Crippen molar-refractivity contribution < 1.29 is 37.0 Å². The monoisotopic (exact) mass is 418 g/mol. The van der Waals surface area contributed by atoms with Crippen LogP contribution in [0.3, 0.4) is 0 Å². The predicted octanol–water partition coefficient (Wildman–Crippen LogP) is 2.45. The summed E-state index contributed by atoms with van der Waals surface area (Å²) in [6, 6.07) is 1.74. The topological polar surface area (TPSA) is 92.0 Å². The average Bonchev–Trinajstić information content (AvgIpc) is 3.38. The fourth-order valence-corrected chi connectivity index (χ4v) is 4.91. The van der Waals surface area contributed by atoms with Crippen LogP contribution in [0, 0.1) is 18.8 Å². The number of rotatable bonds is 5. The molecule has 7 nitrogen and oxygen atoms in total. The maximum Gasteiger partial charge on any atom is 0.390 e. The molecule has 3 aliphatic rings. The Kier molecular flexibility index (Phi) is 6.23. The molecule has 0 radical (unpaired) electrons. The molecule has 0 saturated carbocycles. The maximum absolute atomic E-state index is 12.5. The Morgan fingerprint density at radius 1 is 1.48 bits per heavy atom. The first-order valence-electron chi connectivity index (χ1n) is 9.56. The van der Waals surface area contributed by atoms with Crippen LogP contribution in [0.5, 0.6) is 0 Å². The zero-order valence-electron chi connectivity index (χ0n) is 16.1. The van der Waals surface area contributed by atoms with Crippen LogP contribution in [0.1, 0.15) is 35.4 Å². The van der Waals surface area contributed by atoms with Crippen LogP contribution in [0.2, 0.25) is 0 Å². The van der Waals surface area contributed by atoms with E-state index in [4.69, 9.17) is 19.1 Å². The number of alkyl halides is 3. The molecule has 0 aromatic carbocycles. The quantitative estimate of drug-likeness (QED) is 0.714. The molecule has 1 aromatic rings. The van der Waals surface area contributed by atoms with Crippen LogP contribution in [-0.4, -0.2) is 66.4 Å². The van der Waals surface area contributed by atoms with E-state index in [1.807, 2.05) is 11.8 Å². The van der Waals surface area contributed by atoms with Gasteiger partial charge in [-0.15, -0.1) is 0 Å². The number of ether oxygens (including phenoxy) is 1. The minimum absolute atomic E-state index is 0.0143. The lowest BCUT2D eigenvalue weighted by atomic mass is 9.73. The fourth-order valence-electron chi connectivity index (χ4n) is 4.91. The summed E-state index contributed by atoms with van der Waals surface area (Å²) in [5, 5.41) is 9.81. The first-order chi connectivity index (χ1) is 13.7. The predicted molar refractivity (Wildman–Crippen MR) is 95.4 cm³/mol. The van der Waals surface area contributed by atoms with E-state index < -0.39 is 12.6 Å². The first kappa shape index (κ1) is 21.6. The lowest BCUT2D eigenvalue weighted by Gasteiger charge is -2.29. The average molecular weight is 418 g/mol. The molecule has 2 N–H and O–H groups in total. The zero-order valence-corrected chi connectivity index (χ0v) is 16.1. The standard InChI is InChI=1S/C18H23F3N2O3.CH2O2/c1-11-3-7-25-15(11)16(24)22-8-12-13-9-23(6-5-18(19,20)21)10-17(13)4-2-14(12)26-17;2-1-3/h3,7,12-14H,2,4-6,8-10H2,1H3,(H,22,24);1H,(H,2,3)/t12-,13+,14+,17+;/m0./s1. The van der Waals surface area contributed by atoms with Gasteiger partial charge in [-0.05, 0) is 25.8 Å². The van der Waals surface area contributed by atoms with Crippen molar-refractivity contribution in [2.45, 2.75) is 44.1 Å². The summed E-state index contributed by atoms with van der Waals surface area (Å²) in [4.78, 5) is 22.5. The smallest absolute Gasteiger partial charge is 0.390 e. The Morgan fingerprint density at radius 3 is 2.83 bits per heavy atom. The summed E-state index contributed by atoms with van der Waals surface area (Å²) >= 11 is 0. The number of amides is 1. The molecule has 4 rings (SSSR count). The third-order valence-corrected chi connectivity index (χ3v) is 6.13. The molecule has 0 unspecified atom stereocenters. The van der Waals surface area contributed by atoms with Gasteiger partial charge in [-0.25, -0.2) is 0 Å². The van der Waals surface area contributed by atoms with Gasteiger partial charge in [-0.2, -0.15) is 13.2 Å². The van der Waals surface area contributed by atoms with E-state index >= 15 is 0 Å². The number of nitrogens with one attached hydrogen (secondary N) is 1. The third-order valence-electron chi connectivity index (χ3n) is 6.13. The molecule has 10 heteroatoms. The molecule has 3 saturated heterocycles. The highest BCUT2D eigenvalue weighted by atomic mass is 19.4. The molecule has 2 bridgehead atoms. The van der Waals surface area contributed by atoms with Crippen molar-refractivity contribution in [3.05, 3.63) is 23.7 Å². The normalized spacial score (nSPS) is 30.6. The van der Waals surface area contributed by atoms with Gasteiger partial charge >= 0.3 is 6.18 Å². The Balaban J connectivity index is 0.000000755. The number of carbonyl (C=O) groups is 2. The van der Waals surface area contributed by atoms with Crippen molar-refractivity contribution in [2.24, 2.45) is 11.8 Å². The second kappa shape index (κ2) is 8.35. The summed E-state index contributed by atoms with van der Waals surface area (Å²) < 4.78 is 49.0. The molecule has 162 valence electrons. The molecule has 29 heavy (non-hydrogen) atoms. The molecule has 3 fully saturated rings. The number of hydrogen-bond acceptors (Lipinski definition) is 5. The number of aryl methyl sites for hydroxylation is 1. The van der Waals surface area contributed by atoms with Gasteiger partial charge in [0.25, 0.3) is 12.4 Å². The number of fused-ring (bicyclic) bond motifs is 1. The van der Waals surface area contributed by atoms with Gasteiger partial charge in [0.2, 0.25) is 0 Å². The van der Waals surface area contributed by atoms with Crippen molar-refractivity contribution in [1.82, 2.24) is 10.2 Å². The zero-order chi connectivity index (χ0) is 21.2. The molecule has 4 atom stereocenters. The van der Waals surface area contributed by atoms with Gasteiger partial charge in [0.15, 0.2) is 5.76 Å². The second-order valence-electron chi connectivity index (χ2n) is 7.88. The van der Waals surface area contributed by atoms with Crippen molar-refractivity contribution in [3.8, 4) is 0 Å². The van der Waals surface area contributed by atoms with Crippen LogP contribution in [0.25, 0.3) is 0 Å². The lowest BCUT2D eigenvalue weighted by Crippen LogP contribution is -2.41. The van der Waals surface area contributed by atoms with E-state index in [1.165, 1.54) is 6.26 Å². The molecule has 1 amide bonds. The summed E-state index contributed by atoms with van der Waals surface area (Å²) in [6.07, 6.45) is -1.56. The Morgan fingerprint density at radius 2 is 2.21 bits per heavy atom. The lowest BCUT2D eigenvalue weighted by molar-refractivity contribution is -0.138. The van der Waals surface area contributed by atoms with E-state index in [9.17, 15) is 18.0 Å². The number of halogens is 3. The summed E-state index contributed by atoms with van der Waals surface area (Å²) in [5.41, 5.74) is 0.453. The molecular weight excluding hydrogens is 393 g/mol. The van der Waals surface area contributed by atoms with Crippen LogP contribution in [0.4, 0.5) is 13.2 Å². The number of hydrogen-bond donors (Lipinski definition) is 2. The van der Waals surface area contributed by atoms with E-state index in [-0.39, 0.29) is 42.5 Å². The van der Waals surface area contributed by atoms with Crippen LogP contribution >= 0.6 is 0 Å². The van der Waals surface area contributed by atoms with Crippen LogP contribution in [0.15, 0.2) is 16.7 Å². The Labute approximate surface area is 166 Å². The van der Waals surface area contributed by atoms with E-state index in [1.54, 1.807) is 6.07 Å². The summed E-state index contributed by atoms with van der Waals surface area (Å²) in [6.45, 7) is 3.20. The highest BCUT2D eigenvalue weighted by molar-refractivity contribution is 5.92.